The van der Waals surface area contributed by atoms with Crippen LogP contribution in [0.25, 0.3) is 0 Å². The minimum absolute atomic E-state index is 0.0526. The molecule has 0 heterocycles. The maximum Gasteiger partial charge on any atom is 0.270 e. The molecule has 0 aliphatic carbocycles. The lowest BCUT2D eigenvalue weighted by atomic mass is 10.1. The molecule has 6 nitrogen and oxygen atoms in total. The number of amides is 1. The van der Waals surface area contributed by atoms with Gasteiger partial charge in [-0.2, -0.15) is 0 Å². The normalized spacial score (nSPS) is 10.7. The Kier molecular flexibility index (Phi) is 5.13. The Balaban J connectivity index is 2.95. The van der Waals surface area contributed by atoms with Gasteiger partial charge in [0.05, 0.1) is 10.5 Å². The number of nitro benzene ring substituents is 1. The quantitative estimate of drug-likeness (QED) is 0.477. The number of aryl methyl sites for hydroxylation is 1. The summed E-state index contributed by atoms with van der Waals surface area (Å²) < 4.78 is 13.7. The average molecular weight is 267 g/mol. The van der Waals surface area contributed by atoms with E-state index in [0.717, 1.165) is 12.1 Å². The van der Waals surface area contributed by atoms with E-state index in [1.54, 1.807) is 12.2 Å². The average Bonchev–Trinajstić information content (AvgIpc) is 2.37. The van der Waals surface area contributed by atoms with Crippen LogP contribution in [-0.4, -0.2) is 23.9 Å². The van der Waals surface area contributed by atoms with Gasteiger partial charge in [0.25, 0.3) is 11.6 Å². The highest BCUT2D eigenvalue weighted by Crippen LogP contribution is 2.20. The first kappa shape index (κ1) is 14.8. The molecule has 0 fully saturated rings. The molecule has 0 aliphatic rings. The van der Waals surface area contributed by atoms with E-state index in [-0.39, 0.29) is 23.4 Å². The first-order valence-electron chi connectivity index (χ1n) is 5.55. The second kappa shape index (κ2) is 6.60. The third-order valence-electron chi connectivity index (χ3n) is 2.38. The van der Waals surface area contributed by atoms with Crippen molar-refractivity contribution >= 4 is 11.6 Å². The van der Waals surface area contributed by atoms with Crippen molar-refractivity contribution in [3.05, 3.63) is 51.3 Å². The zero-order chi connectivity index (χ0) is 14.4. The number of hydrogen-bond acceptors (Lipinski definition) is 4. The summed E-state index contributed by atoms with van der Waals surface area (Å²) in [4.78, 5) is 21.7. The number of halogens is 1. The van der Waals surface area contributed by atoms with Gasteiger partial charge in [0.15, 0.2) is 0 Å². The summed E-state index contributed by atoms with van der Waals surface area (Å²) in [5, 5.41) is 13.1. The van der Waals surface area contributed by atoms with Crippen molar-refractivity contribution in [2.24, 2.45) is 5.73 Å². The lowest BCUT2D eigenvalue weighted by molar-refractivity contribution is -0.385. The largest absolute Gasteiger partial charge is 0.348 e. The van der Waals surface area contributed by atoms with Crippen LogP contribution < -0.4 is 11.1 Å². The fraction of sp³-hybridized carbons (Fsp3) is 0.250. The summed E-state index contributed by atoms with van der Waals surface area (Å²) in [7, 11) is 0. The Morgan fingerprint density at radius 2 is 2.21 bits per heavy atom. The highest BCUT2D eigenvalue weighted by Gasteiger charge is 2.19. The molecule has 102 valence electrons. The van der Waals surface area contributed by atoms with Gasteiger partial charge in [-0.05, 0) is 12.5 Å². The number of carbonyl (C=O) groups excluding carboxylic acids is 1. The number of carbonyl (C=O) groups is 1. The Morgan fingerprint density at radius 1 is 1.53 bits per heavy atom. The summed E-state index contributed by atoms with van der Waals surface area (Å²) in [6.45, 7) is 1.88. The molecule has 0 aliphatic heterocycles. The number of benzene rings is 1. The van der Waals surface area contributed by atoms with Crippen LogP contribution in [0.5, 0.6) is 0 Å². The minimum Gasteiger partial charge on any atom is -0.348 e. The fourth-order valence-electron chi connectivity index (χ4n) is 1.45. The molecule has 1 aromatic carbocycles. The van der Waals surface area contributed by atoms with Crippen molar-refractivity contribution in [3.63, 3.8) is 0 Å². The van der Waals surface area contributed by atoms with Crippen molar-refractivity contribution in [2.75, 3.05) is 13.1 Å². The molecule has 0 bridgehead atoms. The summed E-state index contributed by atoms with van der Waals surface area (Å²) in [6.07, 6.45) is 3.25. The Bertz CT molecular complexity index is 529. The molecule has 0 spiro atoms. The first-order valence-corrected chi connectivity index (χ1v) is 5.55. The molecule has 0 saturated carbocycles. The molecule has 0 saturated heterocycles. The van der Waals surface area contributed by atoms with Crippen LogP contribution >= 0.6 is 0 Å². The van der Waals surface area contributed by atoms with Crippen molar-refractivity contribution in [1.29, 1.82) is 0 Å². The standard InChI is InChI=1S/C12H14FN3O3/c1-8-6-9(16(18)19)7-10(11(8)13)12(17)15-5-3-2-4-14/h2-3,6-7H,4-5,14H2,1H3,(H,15,17)/b3-2+. The summed E-state index contributed by atoms with van der Waals surface area (Å²) in [5.41, 5.74) is 4.61. The Labute approximate surface area is 109 Å². The molecule has 0 aromatic heterocycles. The number of nitro groups is 1. The van der Waals surface area contributed by atoms with Crippen LogP contribution in [0.15, 0.2) is 24.3 Å². The molecule has 3 N–H and O–H groups in total. The fourth-order valence-corrected chi connectivity index (χ4v) is 1.45. The first-order chi connectivity index (χ1) is 8.97. The van der Waals surface area contributed by atoms with Crippen molar-refractivity contribution in [2.45, 2.75) is 6.92 Å². The number of nitrogens with two attached hydrogens (primary N) is 1. The molecule has 1 amide bonds. The molecule has 0 atom stereocenters. The van der Waals surface area contributed by atoms with E-state index in [4.69, 9.17) is 5.73 Å². The Morgan fingerprint density at radius 3 is 2.79 bits per heavy atom. The van der Waals surface area contributed by atoms with Crippen LogP contribution in [0.3, 0.4) is 0 Å². The van der Waals surface area contributed by atoms with E-state index < -0.39 is 16.6 Å². The van der Waals surface area contributed by atoms with E-state index in [1.165, 1.54) is 6.92 Å². The van der Waals surface area contributed by atoms with Crippen molar-refractivity contribution < 1.29 is 14.1 Å². The van der Waals surface area contributed by atoms with E-state index in [2.05, 4.69) is 5.32 Å². The second-order valence-electron chi connectivity index (χ2n) is 3.80. The summed E-state index contributed by atoms with van der Waals surface area (Å²) in [5.74, 6) is -1.46. The van der Waals surface area contributed by atoms with E-state index >= 15 is 0 Å². The van der Waals surface area contributed by atoms with E-state index in [9.17, 15) is 19.3 Å². The minimum atomic E-state index is -0.758. The van der Waals surface area contributed by atoms with Crippen LogP contribution in [-0.2, 0) is 0 Å². The second-order valence-corrected chi connectivity index (χ2v) is 3.80. The van der Waals surface area contributed by atoms with Gasteiger partial charge in [-0.15, -0.1) is 0 Å². The number of non-ortho nitro benzene ring substituents is 1. The lowest BCUT2D eigenvalue weighted by Gasteiger charge is -2.06. The van der Waals surface area contributed by atoms with Gasteiger partial charge in [0.2, 0.25) is 0 Å². The van der Waals surface area contributed by atoms with Crippen LogP contribution in [0.2, 0.25) is 0 Å². The van der Waals surface area contributed by atoms with Gasteiger partial charge in [-0.25, -0.2) is 4.39 Å². The predicted molar refractivity (Wildman–Crippen MR) is 68.3 cm³/mol. The third kappa shape index (κ3) is 3.85. The maximum atomic E-state index is 13.7. The van der Waals surface area contributed by atoms with Crippen molar-refractivity contribution in [1.82, 2.24) is 5.32 Å². The third-order valence-corrected chi connectivity index (χ3v) is 2.38. The summed E-state index contributed by atoms with van der Waals surface area (Å²) >= 11 is 0. The lowest BCUT2D eigenvalue weighted by Crippen LogP contribution is -2.25. The molecule has 0 unspecified atom stereocenters. The topological polar surface area (TPSA) is 98.3 Å². The van der Waals surface area contributed by atoms with Gasteiger partial charge in [-0.1, -0.05) is 12.2 Å². The number of nitrogens with zero attached hydrogens (tertiary/aromatic N) is 1. The summed E-state index contributed by atoms with van der Waals surface area (Å²) in [6, 6.07) is 2.00. The number of rotatable bonds is 5. The molecule has 1 aromatic rings. The molecular weight excluding hydrogens is 253 g/mol. The van der Waals surface area contributed by atoms with Crippen LogP contribution in [0.4, 0.5) is 10.1 Å². The van der Waals surface area contributed by atoms with Crippen LogP contribution in [0.1, 0.15) is 15.9 Å². The van der Waals surface area contributed by atoms with Crippen molar-refractivity contribution in [3.8, 4) is 0 Å². The highest BCUT2D eigenvalue weighted by atomic mass is 19.1. The molecule has 0 radical (unpaired) electrons. The predicted octanol–water partition coefficient (Wildman–Crippen LogP) is 1.29. The maximum absolute atomic E-state index is 13.7. The number of hydrogen-bond donors (Lipinski definition) is 2. The Hall–Kier alpha value is -2.28. The van der Waals surface area contributed by atoms with E-state index in [0.29, 0.717) is 6.54 Å². The molecule has 1 rings (SSSR count). The van der Waals surface area contributed by atoms with Gasteiger partial charge in [0, 0.05) is 25.2 Å². The van der Waals surface area contributed by atoms with E-state index in [1.807, 2.05) is 0 Å². The molecule has 19 heavy (non-hydrogen) atoms. The SMILES string of the molecule is Cc1cc([N+](=O)[O-])cc(C(=O)NC/C=C/CN)c1F. The van der Waals surface area contributed by atoms with Gasteiger partial charge >= 0.3 is 0 Å². The smallest absolute Gasteiger partial charge is 0.270 e. The zero-order valence-electron chi connectivity index (χ0n) is 10.4. The van der Waals surface area contributed by atoms with Gasteiger partial charge in [-0.3, -0.25) is 14.9 Å². The monoisotopic (exact) mass is 267 g/mol. The van der Waals surface area contributed by atoms with Gasteiger partial charge < -0.3 is 11.1 Å². The number of nitrogens with one attached hydrogen (secondary N) is 1. The van der Waals surface area contributed by atoms with Crippen LogP contribution in [0, 0.1) is 22.9 Å². The molecule has 7 heteroatoms. The zero-order valence-corrected chi connectivity index (χ0v) is 10.4. The van der Waals surface area contributed by atoms with Gasteiger partial charge in [0.1, 0.15) is 5.82 Å². The highest BCUT2D eigenvalue weighted by molar-refractivity contribution is 5.95. The molecular formula is C12H14FN3O3.